The third-order valence-corrected chi connectivity index (χ3v) is 7.83. The molecule has 2 atom stereocenters. The Bertz CT molecular complexity index is 1430. The van der Waals surface area contributed by atoms with Crippen LogP contribution in [0.15, 0.2) is 59.8 Å². The van der Waals surface area contributed by atoms with E-state index in [2.05, 4.69) is 5.32 Å². The highest BCUT2D eigenvalue weighted by Crippen LogP contribution is 2.52. The number of methoxy groups -OCH3 is 2. The van der Waals surface area contributed by atoms with Gasteiger partial charge in [-0.2, -0.15) is 0 Å². The van der Waals surface area contributed by atoms with Crippen LogP contribution in [0.25, 0.3) is 0 Å². The Morgan fingerprint density at radius 2 is 1.61 bits per heavy atom. The molecular weight excluding hydrogens is 501 g/mol. The molecule has 8 heteroatoms. The molecule has 0 spiro atoms. The molecule has 0 radical (unpaired) electrons. The maximum Gasteiger partial charge on any atom is 0.231 e. The maximum absolute atomic E-state index is 13.8. The molecule has 0 saturated carbocycles. The molecule has 2 heterocycles. The summed E-state index contributed by atoms with van der Waals surface area (Å²) >= 11 is 12.6. The van der Waals surface area contributed by atoms with E-state index in [0.29, 0.717) is 45.9 Å². The van der Waals surface area contributed by atoms with Crippen LogP contribution < -0.4 is 24.3 Å². The van der Waals surface area contributed by atoms with Gasteiger partial charge in [-0.3, -0.25) is 4.79 Å². The minimum atomic E-state index is -0.306. The van der Waals surface area contributed by atoms with E-state index < -0.39 is 0 Å². The fraction of sp³-hybridized carbons (Fsp3) is 0.250. The molecule has 0 aromatic heterocycles. The molecule has 6 rings (SSSR count). The van der Waals surface area contributed by atoms with Crippen molar-refractivity contribution in [2.75, 3.05) is 26.3 Å². The number of hydrogen-bond donors (Lipinski definition) is 1. The van der Waals surface area contributed by atoms with Gasteiger partial charge in [0, 0.05) is 35.4 Å². The lowest BCUT2D eigenvalue weighted by Crippen LogP contribution is -2.29. The van der Waals surface area contributed by atoms with Crippen molar-refractivity contribution in [3.8, 4) is 23.0 Å². The van der Waals surface area contributed by atoms with E-state index in [4.69, 9.17) is 42.1 Å². The molecule has 3 aromatic carbocycles. The van der Waals surface area contributed by atoms with Crippen molar-refractivity contribution >= 4 is 34.7 Å². The first-order valence-electron chi connectivity index (χ1n) is 11.6. The summed E-state index contributed by atoms with van der Waals surface area (Å²) in [6.07, 6.45) is 1.05. The Morgan fingerprint density at radius 1 is 0.861 bits per heavy atom. The van der Waals surface area contributed by atoms with Gasteiger partial charge < -0.3 is 24.3 Å². The van der Waals surface area contributed by atoms with E-state index in [1.54, 1.807) is 20.3 Å². The molecule has 0 saturated heterocycles. The molecule has 2 aliphatic heterocycles. The standard InChI is InChI=1S/C28H23Cl2NO5/c1-33-23-6-4-14(10-24(23)34-2)16-8-21-28(22(32)9-16)27(15-3-5-18(29)19(30)7-15)17-11-25-26(36-13-35-25)12-20(17)31-21/h3-7,10-12,16,27,31H,8-9,13H2,1-2H3/t16-,27+/m1/s1. The van der Waals surface area contributed by atoms with Crippen molar-refractivity contribution in [2.45, 2.75) is 24.7 Å². The van der Waals surface area contributed by atoms with Gasteiger partial charge in [-0.1, -0.05) is 35.3 Å². The smallest absolute Gasteiger partial charge is 0.231 e. The van der Waals surface area contributed by atoms with E-state index in [1.807, 2.05) is 42.5 Å². The first kappa shape index (κ1) is 23.1. The second-order valence-electron chi connectivity index (χ2n) is 9.06. The minimum Gasteiger partial charge on any atom is -0.493 e. The van der Waals surface area contributed by atoms with Crippen LogP contribution in [0.5, 0.6) is 23.0 Å². The number of allylic oxidation sites excluding steroid dienone is 2. The molecule has 3 aromatic rings. The summed E-state index contributed by atoms with van der Waals surface area (Å²) in [5.41, 5.74) is 5.39. The summed E-state index contributed by atoms with van der Waals surface area (Å²) in [4.78, 5) is 13.8. The molecular formula is C28H23Cl2NO5. The number of Topliss-reactive ketones (excluding diaryl/α,β-unsaturated/α-hetero) is 1. The Labute approximate surface area is 218 Å². The molecule has 3 aliphatic rings. The van der Waals surface area contributed by atoms with Gasteiger partial charge in [0.25, 0.3) is 0 Å². The van der Waals surface area contributed by atoms with Gasteiger partial charge in [-0.05, 0) is 59.4 Å². The number of nitrogens with one attached hydrogen (secondary N) is 1. The number of fused-ring (bicyclic) bond motifs is 2. The number of carbonyl (C=O) groups excluding carboxylic acids is 1. The highest BCUT2D eigenvalue weighted by Gasteiger charge is 2.39. The fourth-order valence-corrected chi connectivity index (χ4v) is 5.69. The van der Waals surface area contributed by atoms with E-state index >= 15 is 0 Å². The fourth-order valence-electron chi connectivity index (χ4n) is 5.39. The van der Waals surface area contributed by atoms with E-state index in [0.717, 1.165) is 33.6 Å². The lowest BCUT2D eigenvalue weighted by atomic mass is 9.72. The van der Waals surface area contributed by atoms with Gasteiger partial charge in [0.1, 0.15) is 0 Å². The van der Waals surface area contributed by atoms with Crippen molar-refractivity contribution in [1.29, 1.82) is 0 Å². The molecule has 0 fully saturated rings. The zero-order valence-corrected chi connectivity index (χ0v) is 21.2. The van der Waals surface area contributed by atoms with Crippen LogP contribution >= 0.6 is 23.2 Å². The second-order valence-corrected chi connectivity index (χ2v) is 9.87. The van der Waals surface area contributed by atoms with Crippen molar-refractivity contribution in [1.82, 2.24) is 0 Å². The molecule has 1 N–H and O–H groups in total. The van der Waals surface area contributed by atoms with Gasteiger partial charge in [-0.15, -0.1) is 0 Å². The van der Waals surface area contributed by atoms with Crippen molar-refractivity contribution in [3.05, 3.63) is 86.5 Å². The maximum atomic E-state index is 13.8. The number of hydrogen-bond acceptors (Lipinski definition) is 6. The van der Waals surface area contributed by atoms with Gasteiger partial charge in [0.2, 0.25) is 6.79 Å². The first-order chi connectivity index (χ1) is 17.5. The number of ketones is 1. The van der Waals surface area contributed by atoms with E-state index in [-0.39, 0.29) is 24.4 Å². The third-order valence-electron chi connectivity index (χ3n) is 7.09. The average Bonchev–Trinajstić information content (AvgIpc) is 3.34. The second kappa shape index (κ2) is 8.95. The molecule has 0 unspecified atom stereocenters. The van der Waals surface area contributed by atoms with Gasteiger partial charge in [0.05, 0.1) is 24.3 Å². The SMILES string of the molecule is COc1ccc([C@H]2CC(=O)C3=C(C2)Nc2cc4c(cc2[C@@H]3c2ccc(Cl)c(Cl)c2)OCO4)cc1OC. The number of benzene rings is 3. The lowest BCUT2D eigenvalue weighted by Gasteiger charge is -2.37. The van der Waals surface area contributed by atoms with Crippen LogP contribution in [0, 0.1) is 0 Å². The molecule has 36 heavy (non-hydrogen) atoms. The number of ether oxygens (including phenoxy) is 4. The lowest BCUT2D eigenvalue weighted by molar-refractivity contribution is -0.116. The summed E-state index contributed by atoms with van der Waals surface area (Å²) < 4.78 is 22.2. The summed E-state index contributed by atoms with van der Waals surface area (Å²) in [5.74, 6) is 2.41. The zero-order valence-electron chi connectivity index (χ0n) is 19.7. The monoisotopic (exact) mass is 523 g/mol. The number of anilines is 1. The van der Waals surface area contributed by atoms with Crippen LogP contribution in [0.4, 0.5) is 5.69 Å². The minimum absolute atomic E-state index is 0.00595. The Balaban J connectivity index is 1.46. The summed E-state index contributed by atoms with van der Waals surface area (Å²) in [6, 6.07) is 15.3. The molecule has 184 valence electrons. The largest absolute Gasteiger partial charge is 0.493 e. The van der Waals surface area contributed by atoms with Crippen LogP contribution in [0.3, 0.4) is 0 Å². The third kappa shape index (κ3) is 3.76. The number of halogens is 2. The van der Waals surface area contributed by atoms with Crippen LogP contribution in [-0.2, 0) is 4.79 Å². The highest BCUT2D eigenvalue weighted by molar-refractivity contribution is 6.42. The normalized spacial score (nSPS) is 19.9. The Hall–Kier alpha value is -3.35. The highest BCUT2D eigenvalue weighted by atomic mass is 35.5. The molecule has 0 bridgehead atoms. The Morgan fingerprint density at radius 3 is 2.36 bits per heavy atom. The van der Waals surface area contributed by atoms with E-state index in [1.165, 1.54) is 0 Å². The average molecular weight is 524 g/mol. The predicted molar refractivity (Wildman–Crippen MR) is 138 cm³/mol. The van der Waals surface area contributed by atoms with Gasteiger partial charge in [0.15, 0.2) is 28.8 Å². The van der Waals surface area contributed by atoms with Crippen LogP contribution in [0.2, 0.25) is 10.0 Å². The van der Waals surface area contributed by atoms with Crippen LogP contribution in [-0.4, -0.2) is 26.8 Å². The number of rotatable bonds is 4. The summed E-state index contributed by atoms with van der Waals surface area (Å²) in [7, 11) is 3.22. The Kier molecular flexibility index (Phi) is 5.73. The van der Waals surface area contributed by atoms with Crippen molar-refractivity contribution in [3.63, 3.8) is 0 Å². The topological polar surface area (TPSA) is 66.0 Å². The number of carbonyl (C=O) groups is 1. The molecule has 1 aliphatic carbocycles. The van der Waals surface area contributed by atoms with Crippen molar-refractivity contribution < 1.29 is 23.7 Å². The predicted octanol–water partition coefficient (Wildman–Crippen LogP) is 6.70. The molecule has 0 amide bonds. The molecule has 6 nitrogen and oxygen atoms in total. The first-order valence-corrected chi connectivity index (χ1v) is 12.4. The van der Waals surface area contributed by atoms with E-state index in [9.17, 15) is 4.79 Å². The van der Waals surface area contributed by atoms with Crippen molar-refractivity contribution in [2.24, 2.45) is 0 Å². The summed E-state index contributed by atoms with van der Waals surface area (Å²) in [6.45, 7) is 0.170. The van der Waals surface area contributed by atoms with Gasteiger partial charge in [-0.25, -0.2) is 0 Å². The summed E-state index contributed by atoms with van der Waals surface area (Å²) in [5, 5.41) is 4.46. The quantitative estimate of drug-likeness (QED) is 0.410. The van der Waals surface area contributed by atoms with Gasteiger partial charge >= 0.3 is 0 Å². The zero-order chi connectivity index (χ0) is 25.0. The van der Waals surface area contributed by atoms with Crippen LogP contribution in [0.1, 0.15) is 41.4 Å².